The first-order valence-corrected chi connectivity index (χ1v) is 10.7. The Labute approximate surface area is 170 Å². The fraction of sp³-hybridized carbons (Fsp3) is 0.480. The SMILES string of the molecule is CCCCCCCCOc1ccc(C(=O)Oc2ccc(C(C)CC)cc2)cc1. The largest absolute Gasteiger partial charge is 0.494 e. The third kappa shape index (κ3) is 7.38. The molecule has 2 rings (SSSR count). The molecule has 0 spiro atoms. The van der Waals surface area contributed by atoms with Gasteiger partial charge < -0.3 is 9.47 Å². The number of carbonyl (C=O) groups excluding carboxylic acids is 1. The number of esters is 1. The minimum atomic E-state index is -0.348. The summed E-state index contributed by atoms with van der Waals surface area (Å²) >= 11 is 0. The lowest BCUT2D eigenvalue weighted by atomic mass is 9.99. The first kappa shape index (κ1) is 22.0. The molecule has 0 heterocycles. The lowest BCUT2D eigenvalue weighted by Gasteiger charge is -2.10. The van der Waals surface area contributed by atoms with Gasteiger partial charge in [0, 0.05) is 0 Å². The maximum atomic E-state index is 12.3. The van der Waals surface area contributed by atoms with Gasteiger partial charge >= 0.3 is 5.97 Å². The van der Waals surface area contributed by atoms with Gasteiger partial charge in [-0.2, -0.15) is 0 Å². The predicted molar refractivity (Wildman–Crippen MR) is 115 cm³/mol. The second-order valence-electron chi connectivity index (χ2n) is 7.41. The summed E-state index contributed by atoms with van der Waals surface area (Å²) in [5.41, 5.74) is 1.78. The zero-order valence-corrected chi connectivity index (χ0v) is 17.6. The summed E-state index contributed by atoms with van der Waals surface area (Å²) in [6.07, 6.45) is 8.55. The molecule has 0 saturated heterocycles. The molecule has 0 aliphatic heterocycles. The number of ether oxygens (including phenoxy) is 2. The van der Waals surface area contributed by atoms with Crippen molar-refractivity contribution in [1.82, 2.24) is 0 Å². The van der Waals surface area contributed by atoms with Crippen LogP contribution in [0.1, 0.15) is 87.6 Å². The van der Waals surface area contributed by atoms with Gasteiger partial charge in [-0.05, 0) is 60.7 Å². The number of hydrogen-bond donors (Lipinski definition) is 0. The van der Waals surface area contributed by atoms with Gasteiger partial charge in [0.25, 0.3) is 0 Å². The number of unbranched alkanes of at least 4 members (excludes halogenated alkanes) is 5. The Hall–Kier alpha value is -2.29. The van der Waals surface area contributed by atoms with Crippen LogP contribution in [0.2, 0.25) is 0 Å². The summed E-state index contributed by atoms with van der Waals surface area (Å²) in [7, 11) is 0. The van der Waals surface area contributed by atoms with Crippen molar-refractivity contribution in [3.8, 4) is 11.5 Å². The highest BCUT2D eigenvalue weighted by molar-refractivity contribution is 5.91. The molecule has 2 aromatic carbocycles. The van der Waals surface area contributed by atoms with Crippen LogP contribution in [-0.4, -0.2) is 12.6 Å². The first-order valence-electron chi connectivity index (χ1n) is 10.7. The van der Waals surface area contributed by atoms with Crippen LogP contribution >= 0.6 is 0 Å². The molecule has 0 bridgehead atoms. The van der Waals surface area contributed by atoms with Crippen LogP contribution in [0.3, 0.4) is 0 Å². The molecule has 3 heteroatoms. The quantitative estimate of drug-likeness (QED) is 0.222. The Morgan fingerprint density at radius 1 is 0.821 bits per heavy atom. The van der Waals surface area contributed by atoms with Crippen LogP contribution in [0.5, 0.6) is 11.5 Å². The fourth-order valence-corrected chi connectivity index (χ4v) is 3.03. The van der Waals surface area contributed by atoms with E-state index in [2.05, 4.69) is 20.8 Å². The molecular weight excluding hydrogens is 348 g/mol. The van der Waals surface area contributed by atoms with E-state index in [0.717, 1.165) is 25.2 Å². The molecule has 3 nitrogen and oxygen atoms in total. The molecular formula is C25H34O3. The topological polar surface area (TPSA) is 35.5 Å². The minimum Gasteiger partial charge on any atom is -0.494 e. The normalized spacial score (nSPS) is 11.8. The zero-order chi connectivity index (χ0) is 20.2. The monoisotopic (exact) mass is 382 g/mol. The van der Waals surface area contributed by atoms with Crippen molar-refractivity contribution in [1.29, 1.82) is 0 Å². The average Bonchev–Trinajstić information content (AvgIpc) is 2.73. The van der Waals surface area contributed by atoms with Crippen molar-refractivity contribution in [2.24, 2.45) is 0 Å². The molecule has 28 heavy (non-hydrogen) atoms. The molecule has 0 aliphatic rings. The third-order valence-electron chi connectivity index (χ3n) is 5.13. The predicted octanol–water partition coefficient (Wildman–Crippen LogP) is 7.16. The van der Waals surface area contributed by atoms with Gasteiger partial charge in [-0.25, -0.2) is 4.79 Å². The van der Waals surface area contributed by atoms with Gasteiger partial charge in [-0.1, -0.05) is 65.0 Å². The third-order valence-corrected chi connectivity index (χ3v) is 5.13. The van der Waals surface area contributed by atoms with Crippen LogP contribution in [-0.2, 0) is 0 Å². The minimum absolute atomic E-state index is 0.348. The summed E-state index contributed by atoms with van der Waals surface area (Å²) in [5, 5.41) is 0. The van der Waals surface area contributed by atoms with E-state index in [4.69, 9.17) is 9.47 Å². The van der Waals surface area contributed by atoms with Crippen molar-refractivity contribution >= 4 is 5.97 Å². The van der Waals surface area contributed by atoms with Gasteiger partial charge in [0.15, 0.2) is 0 Å². The molecule has 1 atom stereocenters. The van der Waals surface area contributed by atoms with Gasteiger partial charge in [-0.3, -0.25) is 0 Å². The molecule has 0 aromatic heterocycles. The highest BCUT2D eigenvalue weighted by Crippen LogP contribution is 2.22. The smallest absolute Gasteiger partial charge is 0.343 e. The molecule has 1 unspecified atom stereocenters. The Morgan fingerprint density at radius 3 is 2.07 bits per heavy atom. The lowest BCUT2D eigenvalue weighted by molar-refractivity contribution is 0.0734. The molecule has 0 amide bonds. The van der Waals surface area contributed by atoms with E-state index in [9.17, 15) is 4.79 Å². The zero-order valence-electron chi connectivity index (χ0n) is 17.6. The van der Waals surface area contributed by atoms with Gasteiger partial charge in [0.05, 0.1) is 12.2 Å². The van der Waals surface area contributed by atoms with E-state index in [1.165, 1.54) is 37.7 Å². The molecule has 0 N–H and O–H groups in total. The van der Waals surface area contributed by atoms with Gasteiger partial charge in [0.1, 0.15) is 11.5 Å². The van der Waals surface area contributed by atoms with Crippen molar-refractivity contribution in [2.75, 3.05) is 6.61 Å². The summed E-state index contributed by atoms with van der Waals surface area (Å²) in [6, 6.07) is 14.9. The van der Waals surface area contributed by atoms with Crippen molar-refractivity contribution in [2.45, 2.75) is 71.6 Å². The average molecular weight is 383 g/mol. The number of hydrogen-bond acceptors (Lipinski definition) is 3. The van der Waals surface area contributed by atoms with E-state index in [0.29, 0.717) is 17.2 Å². The van der Waals surface area contributed by atoms with Gasteiger partial charge in [0.2, 0.25) is 0 Å². The lowest BCUT2D eigenvalue weighted by Crippen LogP contribution is -2.08. The van der Waals surface area contributed by atoms with Crippen LogP contribution < -0.4 is 9.47 Å². The second kappa shape index (κ2) is 12.2. The Kier molecular flexibility index (Phi) is 9.61. The number of benzene rings is 2. The number of rotatable bonds is 12. The van der Waals surface area contributed by atoms with E-state index in [1.54, 1.807) is 12.1 Å². The summed E-state index contributed by atoms with van der Waals surface area (Å²) < 4.78 is 11.2. The summed E-state index contributed by atoms with van der Waals surface area (Å²) in [4.78, 5) is 12.3. The first-order chi connectivity index (χ1) is 13.6. The standard InChI is InChI=1S/C25H34O3/c1-4-6-7-8-9-10-19-27-23-15-13-22(14-16-23)25(26)28-24-17-11-21(12-18-24)20(3)5-2/h11-18,20H,4-10,19H2,1-3H3. The van der Waals surface area contributed by atoms with Crippen LogP contribution in [0.15, 0.2) is 48.5 Å². The highest BCUT2D eigenvalue weighted by Gasteiger charge is 2.10. The molecule has 0 radical (unpaired) electrons. The van der Waals surface area contributed by atoms with Crippen LogP contribution in [0, 0.1) is 0 Å². The summed E-state index contributed by atoms with van der Waals surface area (Å²) in [6.45, 7) is 7.31. The summed E-state index contributed by atoms with van der Waals surface area (Å²) in [5.74, 6) is 1.52. The van der Waals surface area contributed by atoms with Crippen molar-refractivity contribution in [3.05, 3.63) is 59.7 Å². The van der Waals surface area contributed by atoms with Crippen LogP contribution in [0.4, 0.5) is 0 Å². The highest BCUT2D eigenvalue weighted by atomic mass is 16.5. The van der Waals surface area contributed by atoms with Gasteiger partial charge in [-0.15, -0.1) is 0 Å². The molecule has 0 saturated carbocycles. The molecule has 0 fully saturated rings. The maximum Gasteiger partial charge on any atom is 0.343 e. The van der Waals surface area contributed by atoms with E-state index in [1.807, 2.05) is 36.4 Å². The van der Waals surface area contributed by atoms with Crippen LogP contribution in [0.25, 0.3) is 0 Å². The molecule has 0 aliphatic carbocycles. The van der Waals surface area contributed by atoms with Crippen molar-refractivity contribution in [3.63, 3.8) is 0 Å². The Bertz CT molecular complexity index is 689. The van der Waals surface area contributed by atoms with E-state index < -0.39 is 0 Å². The van der Waals surface area contributed by atoms with E-state index >= 15 is 0 Å². The Morgan fingerprint density at radius 2 is 1.43 bits per heavy atom. The van der Waals surface area contributed by atoms with E-state index in [-0.39, 0.29) is 5.97 Å². The number of carbonyl (C=O) groups is 1. The van der Waals surface area contributed by atoms with Crippen molar-refractivity contribution < 1.29 is 14.3 Å². The molecule has 152 valence electrons. The fourth-order valence-electron chi connectivity index (χ4n) is 3.03. The molecule has 2 aromatic rings. The second-order valence-corrected chi connectivity index (χ2v) is 7.41. The maximum absolute atomic E-state index is 12.3. The Balaban J connectivity index is 1.76.